The third-order valence-corrected chi connectivity index (χ3v) is 3.16. The summed E-state index contributed by atoms with van der Waals surface area (Å²) in [7, 11) is 2.02. The summed E-state index contributed by atoms with van der Waals surface area (Å²) in [6.45, 7) is 2.56. The van der Waals surface area contributed by atoms with Crippen molar-refractivity contribution in [1.29, 1.82) is 0 Å². The van der Waals surface area contributed by atoms with Gasteiger partial charge in [0, 0.05) is 25.2 Å². The molecule has 1 fully saturated rings. The van der Waals surface area contributed by atoms with Gasteiger partial charge in [0.2, 0.25) is 0 Å². The Balaban J connectivity index is 2.16. The number of hydrogen-bond donors (Lipinski definition) is 1. The highest BCUT2D eigenvalue weighted by Crippen LogP contribution is 2.17. The Morgan fingerprint density at radius 2 is 2.25 bits per heavy atom. The summed E-state index contributed by atoms with van der Waals surface area (Å²) >= 11 is 6.01. The second kappa shape index (κ2) is 4.95. The van der Waals surface area contributed by atoms with Crippen molar-refractivity contribution < 1.29 is 4.79 Å². The molecule has 16 heavy (non-hydrogen) atoms. The van der Waals surface area contributed by atoms with Gasteiger partial charge in [-0.05, 0) is 19.2 Å². The molecule has 1 aliphatic rings. The van der Waals surface area contributed by atoms with E-state index in [-0.39, 0.29) is 11.8 Å². The Bertz CT molecular complexity index is 394. The number of nitrogens with zero attached hydrogens (tertiary/aromatic N) is 1. The molecule has 86 valence electrons. The van der Waals surface area contributed by atoms with E-state index >= 15 is 0 Å². The second-order valence-corrected chi connectivity index (χ2v) is 4.52. The predicted octanol–water partition coefficient (Wildman–Crippen LogP) is 1.43. The minimum Gasteiger partial charge on any atom is -0.305 e. The standard InChI is InChI=1S/C12H15ClN2O/c1-15-7-6-14-11(8-15)12(16)9-4-2-3-5-10(9)13/h2-5,11,14H,6-8H2,1H3. The summed E-state index contributed by atoms with van der Waals surface area (Å²) in [6, 6.07) is 7.06. The molecule has 1 aromatic carbocycles. The Hall–Kier alpha value is -0.900. The molecule has 1 unspecified atom stereocenters. The molecule has 0 amide bonds. The van der Waals surface area contributed by atoms with E-state index in [2.05, 4.69) is 10.2 Å². The zero-order chi connectivity index (χ0) is 11.5. The zero-order valence-corrected chi connectivity index (χ0v) is 10.00. The van der Waals surface area contributed by atoms with Crippen molar-refractivity contribution in [2.24, 2.45) is 0 Å². The summed E-state index contributed by atoms with van der Waals surface area (Å²) in [5, 5.41) is 3.76. The van der Waals surface area contributed by atoms with Gasteiger partial charge in [-0.25, -0.2) is 0 Å². The molecule has 3 nitrogen and oxygen atoms in total. The van der Waals surface area contributed by atoms with Gasteiger partial charge in [-0.2, -0.15) is 0 Å². The summed E-state index contributed by atoms with van der Waals surface area (Å²) < 4.78 is 0. The number of ketones is 1. The maximum Gasteiger partial charge on any atom is 0.182 e. The molecular formula is C12H15ClN2O. The Morgan fingerprint density at radius 1 is 1.50 bits per heavy atom. The first-order valence-electron chi connectivity index (χ1n) is 5.39. The van der Waals surface area contributed by atoms with Crippen molar-refractivity contribution in [1.82, 2.24) is 10.2 Å². The van der Waals surface area contributed by atoms with Crippen LogP contribution in [0.15, 0.2) is 24.3 Å². The van der Waals surface area contributed by atoms with E-state index in [0.717, 1.165) is 19.6 Å². The third-order valence-electron chi connectivity index (χ3n) is 2.83. The summed E-state index contributed by atoms with van der Waals surface area (Å²) in [5.74, 6) is 0.0807. The van der Waals surface area contributed by atoms with Gasteiger partial charge in [0.15, 0.2) is 5.78 Å². The molecule has 1 aromatic rings. The number of nitrogens with one attached hydrogen (secondary N) is 1. The summed E-state index contributed by atoms with van der Waals surface area (Å²) in [5.41, 5.74) is 0.608. The van der Waals surface area contributed by atoms with Crippen molar-refractivity contribution in [3.05, 3.63) is 34.9 Å². The first-order valence-corrected chi connectivity index (χ1v) is 5.77. The van der Waals surface area contributed by atoms with Gasteiger partial charge in [0.1, 0.15) is 0 Å². The highest BCUT2D eigenvalue weighted by molar-refractivity contribution is 6.34. The number of hydrogen-bond acceptors (Lipinski definition) is 3. The van der Waals surface area contributed by atoms with Gasteiger partial charge < -0.3 is 10.2 Å². The van der Waals surface area contributed by atoms with Crippen molar-refractivity contribution in [3.63, 3.8) is 0 Å². The number of piperazine rings is 1. The van der Waals surface area contributed by atoms with Crippen molar-refractivity contribution in [3.8, 4) is 0 Å². The minimum absolute atomic E-state index is 0.0807. The van der Waals surface area contributed by atoms with Crippen LogP contribution in [0, 0.1) is 0 Å². The summed E-state index contributed by atoms with van der Waals surface area (Å²) in [6.07, 6.45) is 0. The van der Waals surface area contributed by atoms with Crippen LogP contribution in [-0.4, -0.2) is 43.4 Å². The number of likely N-dealkylation sites (N-methyl/N-ethyl adjacent to an activating group) is 1. The van der Waals surface area contributed by atoms with Gasteiger partial charge in [0.25, 0.3) is 0 Å². The van der Waals surface area contributed by atoms with E-state index in [1.165, 1.54) is 0 Å². The van der Waals surface area contributed by atoms with E-state index < -0.39 is 0 Å². The molecule has 1 heterocycles. The lowest BCUT2D eigenvalue weighted by Gasteiger charge is -2.30. The van der Waals surface area contributed by atoms with Crippen molar-refractivity contribution in [2.45, 2.75) is 6.04 Å². The summed E-state index contributed by atoms with van der Waals surface area (Å²) in [4.78, 5) is 14.3. The van der Waals surface area contributed by atoms with Gasteiger partial charge in [-0.1, -0.05) is 23.7 Å². The van der Waals surface area contributed by atoms with Crippen molar-refractivity contribution in [2.75, 3.05) is 26.7 Å². The molecule has 4 heteroatoms. The molecule has 1 aliphatic heterocycles. The quantitative estimate of drug-likeness (QED) is 0.792. The molecule has 1 saturated heterocycles. The second-order valence-electron chi connectivity index (χ2n) is 4.11. The van der Waals surface area contributed by atoms with Crippen LogP contribution < -0.4 is 5.32 Å². The third kappa shape index (κ3) is 2.43. The van der Waals surface area contributed by atoms with E-state index in [1.54, 1.807) is 12.1 Å². The van der Waals surface area contributed by atoms with E-state index in [4.69, 9.17) is 11.6 Å². The van der Waals surface area contributed by atoms with Crippen molar-refractivity contribution >= 4 is 17.4 Å². The van der Waals surface area contributed by atoms with Crippen LogP contribution in [0.4, 0.5) is 0 Å². The fraction of sp³-hybridized carbons (Fsp3) is 0.417. The van der Waals surface area contributed by atoms with Gasteiger partial charge in [0.05, 0.1) is 11.1 Å². The maximum absolute atomic E-state index is 12.2. The number of carbonyl (C=O) groups is 1. The van der Waals surface area contributed by atoms with E-state index in [1.807, 2.05) is 19.2 Å². The number of Topliss-reactive ketones (excluding diaryl/α,β-unsaturated/α-hetero) is 1. The fourth-order valence-corrected chi connectivity index (χ4v) is 2.15. The van der Waals surface area contributed by atoms with E-state index in [9.17, 15) is 4.79 Å². The Kier molecular flexibility index (Phi) is 3.59. The number of benzene rings is 1. The lowest BCUT2D eigenvalue weighted by Crippen LogP contribution is -2.52. The molecule has 1 atom stereocenters. The van der Waals surface area contributed by atoms with Crippen LogP contribution in [0.1, 0.15) is 10.4 Å². The van der Waals surface area contributed by atoms with E-state index in [0.29, 0.717) is 10.6 Å². The largest absolute Gasteiger partial charge is 0.305 e. The highest BCUT2D eigenvalue weighted by atomic mass is 35.5. The lowest BCUT2D eigenvalue weighted by molar-refractivity contribution is 0.0894. The lowest BCUT2D eigenvalue weighted by atomic mass is 10.0. The molecule has 0 spiro atoms. The average Bonchev–Trinajstić information content (AvgIpc) is 2.29. The molecule has 0 aromatic heterocycles. The number of carbonyl (C=O) groups excluding carboxylic acids is 1. The Labute approximate surface area is 100 Å². The van der Waals surface area contributed by atoms with Gasteiger partial charge in [-0.3, -0.25) is 4.79 Å². The molecule has 1 N–H and O–H groups in total. The first-order chi connectivity index (χ1) is 7.68. The predicted molar refractivity (Wildman–Crippen MR) is 65.1 cm³/mol. The SMILES string of the molecule is CN1CCNC(C(=O)c2ccccc2Cl)C1. The van der Waals surface area contributed by atoms with Crippen LogP contribution in [0.5, 0.6) is 0 Å². The van der Waals surface area contributed by atoms with Crippen LogP contribution in [0.2, 0.25) is 5.02 Å². The highest BCUT2D eigenvalue weighted by Gasteiger charge is 2.25. The molecule has 2 rings (SSSR count). The number of rotatable bonds is 2. The van der Waals surface area contributed by atoms with Gasteiger partial charge in [-0.15, -0.1) is 0 Å². The van der Waals surface area contributed by atoms with Crippen LogP contribution >= 0.6 is 11.6 Å². The first kappa shape index (κ1) is 11.6. The topological polar surface area (TPSA) is 32.3 Å². The zero-order valence-electron chi connectivity index (χ0n) is 9.24. The Morgan fingerprint density at radius 3 is 2.94 bits per heavy atom. The van der Waals surface area contributed by atoms with Crippen LogP contribution in [0.3, 0.4) is 0 Å². The van der Waals surface area contributed by atoms with Gasteiger partial charge >= 0.3 is 0 Å². The molecule has 0 saturated carbocycles. The average molecular weight is 239 g/mol. The normalized spacial score (nSPS) is 22.0. The monoisotopic (exact) mass is 238 g/mol. The number of halogens is 1. The van der Waals surface area contributed by atoms with Crippen LogP contribution in [0.25, 0.3) is 0 Å². The molecule has 0 bridgehead atoms. The fourth-order valence-electron chi connectivity index (χ4n) is 1.92. The molecular weight excluding hydrogens is 224 g/mol. The van der Waals surface area contributed by atoms with Crippen LogP contribution in [-0.2, 0) is 0 Å². The minimum atomic E-state index is -0.140. The maximum atomic E-state index is 12.2. The smallest absolute Gasteiger partial charge is 0.182 e. The molecule has 0 aliphatic carbocycles. The molecule has 0 radical (unpaired) electrons.